The van der Waals surface area contributed by atoms with E-state index in [1.54, 1.807) is 126 Å². The Morgan fingerprint density at radius 3 is 0.692 bits per heavy atom. The van der Waals surface area contributed by atoms with Gasteiger partial charge >= 0.3 is 0 Å². The number of nitrogens with zero attached hydrogens (tertiary/aromatic N) is 6. The molecule has 28 heteroatoms. The molecule has 12 aromatic carbocycles. The largest absolute Gasteiger partial charge is 0.494 e. The van der Waals surface area contributed by atoms with Crippen molar-refractivity contribution < 1.29 is 105 Å². The van der Waals surface area contributed by atoms with Crippen LogP contribution in [0.5, 0.6) is 11.5 Å². The van der Waals surface area contributed by atoms with Crippen LogP contribution < -0.4 is 9.47 Å². The third-order valence-electron chi connectivity index (χ3n) is 22.2. The van der Waals surface area contributed by atoms with Gasteiger partial charge in [-0.15, -0.1) is 0 Å². The minimum Gasteiger partial charge on any atom is -0.494 e. The molecule has 0 saturated heterocycles. The number of hydrogen-bond acceptors (Lipinski definition) is 24. The number of imide groups is 4. The Morgan fingerprint density at radius 1 is 0.242 bits per heavy atom. The third-order valence-corrected chi connectivity index (χ3v) is 22.2. The second-order valence-electron chi connectivity index (χ2n) is 29.4. The predicted octanol–water partition coefficient (Wildman–Crippen LogP) is 13.0. The number of carbonyl (C=O) groups is 8. The molecule has 0 spiro atoms. The predicted molar refractivity (Wildman–Crippen MR) is 446 cm³/mol. The van der Waals surface area contributed by atoms with Crippen LogP contribution in [0.25, 0.3) is 86.2 Å². The van der Waals surface area contributed by atoms with Crippen molar-refractivity contribution in [3.05, 3.63) is 190 Å². The van der Waals surface area contributed by atoms with Crippen molar-refractivity contribution in [1.82, 2.24) is 19.6 Å². The van der Waals surface area contributed by atoms with Gasteiger partial charge in [0.2, 0.25) is 0 Å². The molecule has 0 aliphatic carbocycles. The van der Waals surface area contributed by atoms with Gasteiger partial charge in [0.25, 0.3) is 47.3 Å². The number of ether oxygens (including phenoxy) is 14. The van der Waals surface area contributed by atoms with Crippen LogP contribution in [0.15, 0.2) is 156 Å². The summed E-state index contributed by atoms with van der Waals surface area (Å²) in [5.41, 5.74) is 4.13. The summed E-state index contributed by atoms with van der Waals surface area (Å²) in [6.07, 6.45) is 0.697. The van der Waals surface area contributed by atoms with Gasteiger partial charge in [-0.1, -0.05) is 48.5 Å². The van der Waals surface area contributed by atoms with E-state index >= 15 is 0 Å². The van der Waals surface area contributed by atoms with Gasteiger partial charge in [-0.25, -0.2) is 0 Å². The fourth-order valence-electron chi connectivity index (χ4n) is 16.6. The summed E-state index contributed by atoms with van der Waals surface area (Å²) in [7, 11) is 6.36. The zero-order valence-electron chi connectivity index (χ0n) is 67.1. The zero-order valence-corrected chi connectivity index (χ0v) is 67.1. The van der Waals surface area contributed by atoms with Crippen LogP contribution in [-0.4, -0.2) is 266 Å². The summed E-state index contributed by atoms with van der Waals surface area (Å²) in [4.78, 5) is 122. The van der Waals surface area contributed by atoms with E-state index in [0.717, 1.165) is 64.6 Å². The number of fused-ring (bicyclic) bond motifs is 4. The lowest BCUT2D eigenvalue weighted by atomic mass is 9.82. The van der Waals surface area contributed by atoms with Crippen molar-refractivity contribution in [2.45, 2.75) is 24.9 Å². The molecule has 4 heterocycles. The van der Waals surface area contributed by atoms with Gasteiger partial charge in [-0.2, -0.15) is 10.2 Å². The lowest BCUT2D eigenvalue weighted by Gasteiger charge is -2.34. The normalized spacial score (nSPS) is 14.3. The number of carbonyl (C=O) groups excluding carboxylic acids is 8. The second kappa shape index (κ2) is 37.4. The maximum atomic E-state index is 14.7. The molecular formula is C92H90N6O22. The Morgan fingerprint density at radius 2 is 0.458 bits per heavy atom. The number of benzene rings is 12. The minimum absolute atomic E-state index is 0.00684. The zero-order chi connectivity index (χ0) is 82.9. The highest BCUT2D eigenvalue weighted by atomic mass is 16.6. The number of amides is 8. The summed E-state index contributed by atoms with van der Waals surface area (Å²) in [5.74, 6) is -2.48. The molecule has 16 rings (SSSR count). The minimum atomic E-state index is -0.776. The highest BCUT2D eigenvalue weighted by Gasteiger charge is 2.43. The molecule has 0 N–H and O–H groups in total. The Kier molecular flexibility index (Phi) is 25.7. The van der Waals surface area contributed by atoms with Gasteiger partial charge in [0, 0.05) is 108 Å². The van der Waals surface area contributed by atoms with Crippen molar-refractivity contribution in [2.75, 3.05) is 187 Å². The Labute approximate surface area is 689 Å². The first-order valence-corrected chi connectivity index (χ1v) is 40.2. The summed E-state index contributed by atoms with van der Waals surface area (Å²) in [5, 5.41) is 20.1. The first-order valence-electron chi connectivity index (χ1n) is 40.2. The molecule has 120 heavy (non-hydrogen) atoms. The van der Waals surface area contributed by atoms with Crippen LogP contribution in [0.3, 0.4) is 0 Å². The summed E-state index contributed by atoms with van der Waals surface area (Å²) < 4.78 is 78.7. The van der Waals surface area contributed by atoms with Crippen molar-refractivity contribution in [3.8, 4) is 11.5 Å². The van der Waals surface area contributed by atoms with Crippen LogP contribution in [-0.2, 0) is 56.8 Å². The molecule has 4 aliphatic rings. The molecule has 0 aromatic heterocycles. The van der Waals surface area contributed by atoms with E-state index in [2.05, 4.69) is 10.2 Å². The Balaban J connectivity index is 0.513. The SMILES string of the molecule is COCCOCCOCC(COCCOCCOC)N1C(=O)c2ccc3c4ccc5c6c(ccc(c7ccc(c2c37)C1=O)c64)C(=O)N(CCCOc1ccc(N=Nc2ccc(OCCCN3C(=O)c4ccc6c7ccc8c9c(ccc(c%10ccc(c4c6%10)C3=O)c97)C(=O)N(C(COCCOCCOC)COCCOCCOC)C8=O)cc2)cc1)C5=O. The van der Waals surface area contributed by atoms with Gasteiger partial charge in [0.15, 0.2) is 0 Å². The van der Waals surface area contributed by atoms with Crippen LogP contribution >= 0.6 is 0 Å². The molecule has 0 bridgehead atoms. The topological polar surface area (TPSA) is 303 Å². The fourth-order valence-corrected chi connectivity index (χ4v) is 16.6. The average Bonchev–Trinajstić information content (AvgIpc) is 0.693. The molecule has 0 atom stereocenters. The van der Waals surface area contributed by atoms with Gasteiger partial charge in [-0.05, 0) is 175 Å². The van der Waals surface area contributed by atoms with Gasteiger partial charge in [0.1, 0.15) is 11.5 Å². The highest BCUT2D eigenvalue weighted by Crippen LogP contribution is 2.49. The third kappa shape index (κ3) is 16.1. The standard InChI is InChI=1S/C92H90N6O22/c1-107-35-39-111-43-47-115-51-57(52-116-48-44-112-40-36-108-2)97-89(103)73-27-19-65-61-15-23-69-81-70(24-16-62(77(61)81)66-20-28-74(90(97)104)83(73)79(65)66)86(100)95(85(69)99)31-5-33-119-59-11-7-55(8-12-59)93-94-56-9-13-60(14-10-56)120-34-6-32-96-87(101)71-25-17-63-67-21-29-75-84-76(30-22-68(80(67)84)64-18-26-72(88(96)102)82(71)78(63)64)92(106)98(91(75)105)58(53-117-49-45-113-41-37-109-3)54-118-50-46-114-42-38-110-4/h7-30,57-58H,5-6,31-54H2,1-4H3. The maximum Gasteiger partial charge on any atom is 0.261 e. The highest BCUT2D eigenvalue weighted by molar-refractivity contribution is 6.43. The lowest BCUT2D eigenvalue weighted by molar-refractivity contribution is -0.0222. The quantitative estimate of drug-likeness (QED) is 0.0112. The number of rotatable bonds is 46. The van der Waals surface area contributed by atoms with E-state index in [1.165, 1.54) is 19.6 Å². The van der Waals surface area contributed by atoms with Crippen LogP contribution in [0.1, 0.15) is 95.7 Å². The van der Waals surface area contributed by atoms with Gasteiger partial charge in [-0.3, -0.25) is 58.0 Å². The first kappa shape index (κ1) is 82.2. The number of azo groups is 1. The van der Waals surface area contributed by atoms with Crippen LogP contribution in [0.4, 0.5) is 11.4 Å². The molecular weight excluding hydrogens is 1540 g/mol. The summed E-state index contributed by atoms with van der Waals surface area (Å²) in [6, 6.07) is 41.6. The molecule has 28 nitrogen and oxygen atoms in total. The molecule has 0 radical (unpaired) electrons. The van der Waals surface area contributed by atoms with Crippen LogP contribution in [0, 0.1) is 0 Å². The van der Waals surface area contributed by atoms with Crippen molar-refractivity contribution in [3.63, 3.8) is 0 Å². The average molecular weight is 1630 g/mol. The smallest absolute Gasteiger partial charge is 0.261 e. The molecule has 0 fully saturated rings. The fraction of sp³-hybridized carbons (Fsp3) is 0.348. The monoisotopic (exact) mass is 1630 g/mol. The molecule has 0 saturated carbocycles. The number of hydrogen-bond donors (Lipinski definition) is 0. The van der Waals surface area contributed by atoms with E-state index in [9.17, 15) is 38.4 Å². The Bertz CT molecular complexity index is 5280. The van der Waals surface area contributed by atoms with E-state index < -0.39 is 59.3 Å². The van der Waals surface area contributed by atoms with Crippen LogP contribution in [0.2, 0.25) is 0 Å². The van der Waals surface area contributed by atoms with E-state index in [1.807, 2.05) is 48.5 Å². The molecule has 4 aliphatic heterocycles. The van der Waals surface area contributed by atoms with Gasteiger partial charge in [0.05, 0.1) is 169 Å². The summed E-state index contributed by atoms with van der Waals surface area (Å²) in [6.45, 7) is 6.01. The van der Waals surface area contributed by atoms with E-state index in [-0.39, 0.29) is 79.2 Å². The molecule has 620 valence electrons. The maximum absolute atomic E-state index is 14.7. The van der Waals surface area contributed by atoms with Crippen molar-refractivity contribution in [1.29, 1.82) is 0 Å². The van der Waals surface area contributed by atoms with E-state index in [0.29, 0.717) is 181 Å². The second-order valence-corrected chi connectivity index (χ2v) is 29.4. The van der Waals surface area contributed by atoms with E-state index in [4.69, 9.17) is 66.3 Å². The molecule has 0 unspecified atom stereocenters. The Hall–Kier alpha value is -11.5. The number of methoxy groups -OCH3 is 4. The summed E-state index contributed by atoms with van der Waals surface area (Å²) >= 11 is 0. The van der Waals surface area contributed by atoms with Crippen molar-refractivity contribution in [2.24, 2.45) is 10.2 Å². The first-order chi connectivity index (χ1) is 58.8. The van der Waals surface area contributed by atoms with Gasteiger partial charge < -0.3 is 66.3 Å². The lowest BCUT2D eigenvalue weighted by Crippen LogP contribution is -2.51. The molecule has 12 aromatic rings. The molecule has 8 amide bonds. The van der Waals surface area contributed by atoms with Crippen molar-refractivity contribution >= 4 is 145 Å².